The predicted molar refractivity (Wildman–Crippen MR) is 71.7 cm³/mol. The molecule has 4 atom stereocenters. The number of rotatable bonds is 5. The highest BCUT2D eigenvalue weighted by atomic mass is 15.2. The fourth-order valence-electron chi connectivity index (χ4n) is 4.12. The zero-order valence-electron chi connectivity index (χ0n) is 11.4. The first-order valence-electron chi connectivity index (χ1n) is 7.64. The fourth-order valence-corrected chi connectivity index (χ4v) is 4.12. The topological polar surface area (TPSA) is 29.3 Å². The van der Waals surface area contributed by atoms with Gasteiger partial charge in [0.15, 0.2) is 0 Å². The van der Waals surface area contributed by atoms with Crippen LogP contribution in [-0.4, -0.2) is 30.1 Å². The fraction of sp³-hybridized carbons (Fsp3) is 1.00. The van der Waals surface area contributed by atoms with E-state index in [4.69, 9.17) is 5.73 Å². The predicted octanol–water partition coefficient (Wildman–Crippen LogP) is 2.48. The van der Waals surface area contributed by atoms with Crippen molar-refractivity contribution in [2.24, 2.45) is 29.4 Å². The lowest BCUT2D eigenvalue weighted by Crippen LogP contribution is -2.45. The van der Waals surface area contributed by atoms with E-state index in [2.05, 4.69) is 18.7 Å². The van der Waals surface area contributed by atoms with Crippen molar-refractivity contribution in [2.75, 3.05) is 13.1 Å². The van der Waals surface area contributed by atoms with E-state index in [1.54, 1.807) is 0 Å². The molecule has 0 amide bonds. The Kier molecular flexibility index (Phi) is 3.20. The molecule has 0 aromatic carbocycles. The molecule has 2 N–H and O–H groups in total. The summed E-state index contributed by atoms with van der Waals surface area (Å²) >= 11 is 0. The first-order chi connectivity index (χ1) is 8.15. The van der Waals surface area contributed by atoms with Crippen LogP contribution in [0.4, 0.5) is 0 Å². The third-order valence-corrected chi connectivity index (χ3v) is 5.52. The molecule has 3 aliphatic carbocycles. The van der Waals surface area contributed by atoms with E-state index < -0.39 is 0 Å². The maximum absolute atomic E-state index is 6.43. The highest BCUT2D eigenvalue weighted by molar-refractivity contribution is 5.00. The summed E-state index contributed by atoms with van der Waals surface area (Å²) < 4.78 is 0. The van der Waals surface area contributed by atoms with Crippen LogP contribution in [-0.2, 0) is 0 Å². The van der Waals surface area contributed by atoms with E-state index >= 15 is 0 Å². The van der Waals surface area contributed by atoms with Crippen molar-refractivity contribution < 1.29 is 0 Å². The minimum atomic E-state index is 0.509. The minimum absolute atomic E-state index is 0.509. The number of nitrogens with two attached hydrogens (primary N) is 1. The average Bonchev–Trinajstić information content (AvgIpc) is 2.89. The number of hydrogen-bond donors (Lipinski definition) is 1. The van der Waals surface area contributed by atoms with E-state index in [1.165, 1.54) is 45.2 Å². The van der Waals surface area contributed by atoms with Gasteiger partial charge in [-0.15, -0.1) is 0 Å². The van der Waals surface area contributed by atoms with Gasteiger partial charge in [0.2, 0.25) is 0 Å². The SMILES string of the molecule is CC(C)N(CC1CC1)CC1C2CCC(C2)C1N. The van der Waals surface area contributed by atoms with Gasteiger partial charge >= 0.3 is 0 Å². The van der Waals surface area contributed by atoms with Gasteiger partial charge in [0.1, 0.15) is 0 Å². The summed E-state index contributed by atoms with van der Waals surface area (Å²) in [5.41, 5.74) is 6.43. The highest BCUT2D eigenvalue weighted by Gasteiger charge is 2.46. The maximum Gasteiger partial charge on any atom is 0.0111 e. The summed E-state index contributed by atoms with van der Waals surface area (Å²) in [5.74, 6) is 3.62. The van der Waals surface area contributed by atoms with Gasteiger partial charge in [-0.2, -0.15) is 0 Å². The summed E-state index contributed by atoms with van der Waals surface area (Å²) in [5, 5.41) is 0. The number of fused-ring (bicyclic) bond motifs is 2. The molecule has 0 aromatic heterocycles. The van der Waals surface area contributed by atoms with Gasteiger partial charge in [0, 0.05) is 25.2 Å². The molecule has 2 heteroatoms. The molecule has 3 aliphatic rings. The van der Waals surface area contributed by atoms with E-state index in [-0.39, 0.29) is 0 Å². The Morgan fingerprint density at radius 1 is 1.06 bits per heavy atom. The molecule has 2 bridgehead atoms. The summed E-state index contributed by atoms with van der Waals surface area (Å²) in [4.78, 5) is 2.71. The monoisotopic (exact) mass is 236 g/mol. The second kappa shape index (κ2) is 4.55. The molecule has 0 spiro atoms. The van der Waals surface area contributed by atoms with Crippen LogP contribution in [0.2, 0.25) is 0 Å². The van der Waals surface area contributed by atoms with Gasteiger partial charge < -0.3 is 10.6 Å². The van der Waals surface area contributed by atoms with Gasteiger partial charge in [-0.3, -0.25) is 0 Å². The van der Waals surface area contributed by atoms with Gasteiger partial charge in [0.05, 0.1) is 0 Å². The summed E-state index contributed by atoms with van der Waals surface area (Å²) in [7, 11) is 0. The molecule has 0 aromatic rings. The van der Waals surface area contributed by atoms with Crippen LogP contribution < -0.4 is 5.73 Å². The Bertz CT molecular complexity index is 270. The van der Waals surface area contributed by atoms with Crippen molar-refractivity contribution in [3.05, 3.63) is 0 Å². The van der Waals surface area contributed by atoms with E-state index in [9.17, 15) is 0 Å². The molecule has 98 valence electrons. The van der Waals surface area contributed by atoms with Crippen molar-refractivity contribution in [1.82, 2.24) is 4.90 Å². The Labute approximate surface area is 106 Å². The second-order valence-corrected chi connectivity index (χ2v) is 7.07. The lowest BCUT2D eigenvalue weighted by molar-refractivity contribution is 0.140. The molecule has 0 saturated heterocycles. The molecular formula is C15H28N2. The van der Waals surface area contributed by atoms with E-state index in [0.29, 0.717) is 12.1 Å². The first kappa shape index (κ1) is 12.0. The van der Waals surface area contributed by atoms with Gasteiger partial charge in [0.25, 0.3) is 0 Å². The van der Waals surface area contributed by atoms with Crippen molar-refractivity contribution in [3.63, 3.8) is 0 Å². The van der Waals surface area contributed by atoms with Crippen LogP contribution in [0.25, 0.3) is 0 Å². The van der Waals surface area contributed by atoms with Gasteiger partial charge in [-0.05, 0) is 69.6 Å². The van der Waals surface area contributed by atoms with Crippen LogP contribution in [0, 0.1) is 23.7 Å². The van der Waals surface area contributed by atoms with Crippen molar-refractivity contribution in [1.29, 1.82) is 0 Å². The van der Waals surface area contributed by atoms with Gasteiger partial charge in [-0.1, -0.05) is 0 Å². The minimum Gasteiger partial charge on any atom is -0.327 e. The molecule has 0 aliphatic heterocycles. The van der Waals surface area contributed by atoms with Crippen molar-refractivity contribution in [2.45, 2.75) is 58.0 Å². The molecule has 17 heavy (non-hydrogen) atoms. The third kappa shape index (κ3) is 2.39. The normalized spacial score (nSPS) is 40.8. The molecule has 0 heterocycles. The molecule has 0 radical (unpaired) electrons. The van der Waals surface area contributed by atoms with Gasteiger partial charge in [-0.25, -0.2) is 0 Å². The summed E-state index contributed by atoms with van der Waals surface area (Å²) in [6.45, 7) is 7.30. The zero-order valence-corrected chi connectivity index (χ0v) is 11.4. The largest absolute Gasteiger partial charge is 0.327 e. The molecule has 3 saturated carbocycles. The molecular weight excluding hydrogens is 208 g/mol. The second-order valence-electron chi connectivity index (χ2n) is 7.07. The Morgan fingerprint density at radius 2 is 1.76 bits per heavy atom. The average molecular weight is 236 g/mol. The van der Waals surface area contributed by atoms with Crippen LogP contribution in [0.15, 0.2) is 0 Å². The summed E-state index contributed by atoms with van der Waals surface area (Å²) in [6, 6.07) is 1.20. The molecule has 2 nitrogen and oxygen atoms in total. The van der Waals surface area contributed by atoms with E-state index in [1.807, 2.05) is 0 Å². The maximum atomic E-state index is 6.43. The van der Waals surface area contributed by atoms with E-state index in [0.717, 1.165) is 23.7 Å². The Hall–Kier alpha value is -0.0800. The number of hydrogen-bond acceptors (Lipinski definition) is 2. The Balaban J connectivity index is 1.59. The Morgan fingerprint density at radius 3 is 2.29 bits per heavy atom. The molecule has 3 fully saturated rings. The lowest BCUT2D eigenvalue weighted by Gasteiger charge is -2.35. The van der Waals surface area contributed by atoms with Crippen LogP contribution in [0.3, 0.4) is 0 Å². The van der Waals surface area contributed by atoms with Crippen molar-refractivity contribution in [3.8, 4) is 0 Å². The van der Waals surface area contributed by atoms with Crippen LogP contribution in [0.1, 0.15) is 46.0 Å². The highest BCUT2D eigenvalue weighted by Crippen LogP contribution is 2.48. The van der Waals surface area contributed by atoms with Crippen LogP contribution >= 0.6 is 0 Å². The third-order valence-electron chi connectivity index (χ3n) is 5.52. The first-order valence-corrected chi connectivity index (χ1v) is 7.64. The zero-order chi connectivity index (χ0) is 12.0. The smallest absolute Gasteiger partial charge is 0.0111 e. The molecule has 3 rings (SSSR count). The summed E-state index contributed by atoms with van der Waals surface area (Å²) in [6.07, 6.45) is 7.23. The lowest BCUT2D eigenvalue weighted by atomic mass is 9.84. The molecule has 4 unspecified atom stereocenters. The van der Waals surface area contributed by atoms with Crippen molar-refractivity contribution >= 4 is 0 Å². The number of nitrogens with zero attached hydrogens (tertiary/aromatic N) is 1. The van der Waals surface area contributed by atoms with Crippen LogP contribution in [0.5, 0.6) is 0 Å². The quantitative estimate of drug-likeness (QED) is 0.794. The standard InChI is InChI=1S/C15H28N2/c1-10(2)17(8-11-3-4-11)9-14-12-5-6-13(7-12)15(14)16/h10-15H,3-9,16H2,1-2H3.